The summed E-state index contributed by atoms with van der Waals surface area (Å²) in [5.74, 6) is 0.279. The molecular weight excluding hydrogens is 292 g/mol. The van der Waals surface area contributed by atoms with Crippen LogP contribution in [0.3, 0.4) is 0 Å². The van der Waals surface area contributed by atoms with Crippen LogP contribution in [-0.4, -0.2) is 37.0 Å². The van der Waals surface area contributed by atoms with Crippen LogP contribution in [-0.2, 0) is 11.2 Å². The molecule has 0 aromatic heterocycles. The molecule has 1 aromatic rings. The molecule has 3 nitrogen and oxygen atoms in total. The molecule has 0 bridgehead atoms. The molecule has 1 N–H and O–H groups in total. The van der Waals surface area contributed by atoms with Crippen LogP contribution in [0.1, 0.15) is 18.4 Å². The van der Waals surface area contributed by atoms with Gasteiger partial charge in [0.25, 0.3) is 0 Å². The molecule has 1 aromatic carbocycles. The van der Waals surface area contributed by atoms with Crippen molar-refractivity contribution in [1.29, 1.82) is 0 Å². The fraction of sp³-hybridized carbons (Fsp3) is 0.500. The molecule has 98 valence electrons. The van der Waals surface area contributed by atoms with Gasteiger partial charge in [-0.15, -0.1) is 0 Å². The highest BCUT2D eigenvalue weighted by Crippen LogP contribution is 2.12. The van der Waals surface area contributed by atoms with Crippen molar-refractivity contribution >= 4 is 21.8 Å². The van der Waals surface area contributed by atoms with E-state index in [1.807, 2.05) is 17.0 Å². The predicted octanol–water partition coefficient (Wildman–Crippen LogP) is 2.20. The Bertz CT molecular complexity index is 383. The summed E-state index contributed by atoms with van der Waals surface area (Å²) in [5, 5.41) is 3.31. The third kappa shape index (κ3) is 4.10. The number of halogens is 1. The molecule has 1 heterocycles. The highest BCUT2D eigenvalue weighted by atomic mass is 79.9. The van der Waals surface area contributed by atoms with Crippen LogP contribution < -0.4 is 5.32 Å². The highest BCUT2D eigenvalue weighted by Gasteiger charge is 2.14. The van der Waals surface area contributed by atoms with Crippen LogP contribution >= 0.6 is 15.9 Å². The van der Waals surface area contributed by atoms with Gasteiger partial charge in [-0.25, -0.2) is 0 Å². The Hall–Kier alpha value is -0.870. The summed E-state index contributed by atoms with van der Waals surface area (Å²) >= 11 is 3.41. The van der Waals surface area contributed by atoms with Crippen molar-refractivity contribution in [1.82, 2.24) is 10.2 Å². The predicted molar refractivity (Wildman–Crippen MR) is 76.5 cm³/mol. The van der Waals surface area contributed by atoms with Gasteiger partial charge in [-0.3, -0.25) is 4.79 Å². The number of aryl methyl sites for hydroxylation is 1. The SMILES string of the molecule is O=C(CCc1ccc(Br)cc1)N1CCCNCC1. The van der Waals surface area contributed by atoms with Gasteiger partial charge in [0, 0.05) is 30.5 Å². The summed E-state index contributed by atoms with van der Waals surface area (Å²) in [5.41, 5.74) is 1.22. The molecule has 0 saturated carbocycles. The first-order chi connectivity index (χ1) is 8.75. The molecule has 2 rings (SSSR count). The average molecular weight is 311 g/mol. The molecule has 1 amide bonds. The molecule has 1 aliphatic heterocycles. The Morgan fingerprint density at radius 2 is 2.00 bits per heavy atom. The maximum absolute atomic E-state index is 12.1. The third-order valence-electron chi connectivity index (χ3n) is 3.23. The normalized spacial score (nSPS) is 16.4. The van der Waals surface area contributed by atoms with Gasteiger partial charge in [-0.05, 0) is 37.1 Å². The number of amides is 1. The van der Waals surface area contributed by atoms with E-state index < -0.39 is 0 Å². The van der Waals surface area contributed by atoms with Crippen LogP contribution in [0.25, 0.3) is 0 Å². The van der Waals surface area contributed by atoms with E-state index in [0.29, 0.717) is 6.42 Å². The smallest absolute Gasteiger partial charge is 0.222 e. The molecule has 0 spiro atoms. The van der Waals surface area contributed by atoms with Crippen molar-refractivity contribution in [2.24, 2.45) is 0 Å². The Kier molecular flexibility index (Phi) is 5.20. The zero-order valence-electron chi connectivity index (χ0n) is 10.5. The lowest BCUT2D eigenvalue weighted by atomic mass is 10.1. The Labute approximate surface area is 117 Å². The van der Waals surface area contributed by atoms with Gasteiger partial charge in [0.2, 0.25) is 5.91 Å². The lowest BCUT2D eigenvalue weighted by Gasteiger charge is -2.19. The first-order valence-corrected chi connectivity index (χ1v) is 7.28. The lowest BCUT2D eigenvalue weighted by Crippen LogP contribution is -2.34. The van der Waals surface area contributed by atoms with Crippen LogP contribution in [0.5, 0.6) is 0 Å². The van der Waals surface area contributed by atoms with Gasteiger partial charge < -0.3 is 10.2 Å². The van der Waals surface area contributed by atoms with Crippen molar-refractivity contribution in [2.75, 3.05) is 26.2 Å². The lowest BCUT2D eigenvalue weighted by molar-refractivity contribution is -0.130. The minimum Gasteiger partial charge on any atom is -0.341 e. The Morgan fingerprint density at radius 3 is 2.78 bits per heavy atom. The molecule has 18 heavy (non-hydrogen) atoms. The summed E-state index contributed by atoms with van der Waals surface area (Å²) in [4.78, 5) is 14.1. The molecule has 0 aliphatic carbocycles. The summed E-state index contributed by atoms with van der Waals surface area (Å²) < 4.78 is 1.08. The van der Waals surface area contributed by atoms with E-state index in [9.17, 15) is 4.79 Å². The van der Waals surface area contributed by atoms with Crippen molar-refractivity contribution < 1.29 is 4.79 Å². The number of carbonyl (C=O) groups is 1. The van der Waals surface area contributed by atoms with Gasteiger partial charge in [0.1, 0.15) is 0 Å². The molecular formula is C14H19BrN2O. The van der Waals surface area contributed by atoms with Crippen molar-refractivity contribution in [3.05, 3.63) is 34.3 Å². The Morgan fingerprint density at radius 1 is 1.22 bits per heavy atom. The van der Waals surface area contributed by atoms with Crippen molar-refractivity contribution in [3.8, 4) is 0 Å². The van der Waals surface area contributed by atoms with E-state index in [0.717, 1.165) is 43.5 Å². The van der Waals surface area contributed by atoms with E-state index in [-0.39, 0.29) is 5.91 Å². The van der Waals surface area contributed by atoms with Gasteiger partial charge in [0.05, 0.1) is 0 Å². The molecule has 0 unspecified atom stereocenters. The molecule has 1 saturated heterocycles. The zero-order chi connectivity index (χ0) is 12.8. The second kappa shape index (κ2) is 6.90. The number of hydrogen-bond donors (Lipinski definition) is 1. The second-order valence-corrected chi connectivity index (χ2v) is 5.53. The van der Waals surface area contributed by atoms with Crippen LogP contribution in [0.2, 0.25) is 0 Å². The van der Waals surface area contributed by atoms with Crippen LogP contribution in [0.4, 0.5) is 0 Å². The summed E-state index contributed by atoms with van der Waals surface area (Å²) in [6, 6.07) is 8.19. The Balaban J connectivity index is 1.81. The minimum atomic E-state index is 0.279. The molecule has 0 atom stereocenters. The number of carbonyl (C=O) groups excluding carboxylic acids is 1. The first kappa shape index (κ1) is 13.6. The number of benzene rings is 1. The van der Waals surface area contributed by atoms with E-state index in [1.54, 1.807) is 0 Å². The van der Waals surface area contributed by atoms with E-state index in [4.69, 9.17) is 0 Å². The number of hydrogen-bond acceptors (Lipinski definition) is 2. The van der Waals surface area contributed by atoms with E-state index in [2.05, 4.69) is 33.4 Å². The van der Waals surface area contributed by atoms with Gasteiger partial charge >= 0.3 is 0 Å². The number of rotatable bonds is 3. The highest BCUT2D eigenvalue weighted by molar-refractivity contribution is 9.10. The molecule has 1 aliphatic rings. The quantitative estimate of drug-likeness (QED) is 0.928. The van der Waals surface area contributed by atoms with Gasteiger partial charge in [-0.1, -0.05) is 28.1 Å². The fourth-order valence-corrected chi connectivity index (χ4v) is 2.42. The topological polar surface area (TPSA) is 32.3 Å². The minimum absolute atomic E-state index is 0.279. The zero-order valence-corrected chi connectivity index (χ0v) is 12.1. The first-order valence-electron chi connectivity index (χ1n) is 6.48. The van der Waals surface area contributed by atoms with Crippen LogP contribution in [0.15, 0.2) is 28.7 Å². The van der Waals surface area contributed by atoms with E-state index >= 15 is 0 Å². The second-order valence-electron chi connectivity index (χ2n) is 4.61. The van der Waals surface area contributed by atoms with E-state index in [1.165, 1.54) is 5.56 Å². The molecule has 0 radical (unpaired) electrons. The largest absolute Gasteiger partial charge is 0.341 e. The van der Waals surface area contributed by atoms with Gasteiger partial charge in [-0.2, -0.15) is 0 Å². The maximum atomic E-state index is 12.1. The average Bonchev–Trinajstić information content (AvgIpc) is 2.66. The third-order valence-corrected chi connectivity index (χ3v) is 3.76. The number of nitrogens with zero attached hydrogens (tertiary/aromatic N) is 1. The summed E-state index contributed by atoms with van der Waals surface area (Å²) in [7, 11) is 0. The standard InChI is InChI=1S/C14H19BrN2O/c15-13-5-2-12(3-6-13)4-7-14(18)17-10-1-8-16-9-11-17/h2-3,5-6,16H,1,4,7-11H2. The fourth-order valence-electron chi connectivity index (χ4n) is 2.16. The summed E-state index contributed by atoms with van der Waals surface area (Å²) in [6.45, 7) is 3.69. The monoisotopic (exact) mass is 310 g/mol. The van der Waals surface area contributed by atoms with Crippen LogP contribution in [0, 0.1) is 0 Å². The molecule has 1 fully saturated rings. The van der Waals surface area contributed by atoms with Gasteiger partial charge in [0.15, 0.2) is 0 Å². The molecule has 4 heteroatoms. The maximum Gasteiger partial charge on any atom is 0.222 e. The number of nitrogens with one attached hydrogen (secondary N) is 1. The van der Waals surface area contributed by atoms with Crippen molar-refractivity contribution in [3.63, 3.8) is 0 Å². The summed E-state index contributed by atoms with van der Waals surface area (Å²) in [6.07, 6.45) is 2.50. The van der Waals surface area contributed by atoms with Crippen molar-refractivity contribution in [2.45, 2.75) is 19.3 Å².